The highest BCUT2D eigenvalue weighted by atomic mass is 32.2. The van der Waals surface area contributed by atoms with Crippen LogP contribution in [0.5, 0.6) is 0 Å². The topological polar surface area (TPSA) is 162 Å². The van der Waals surface area contributed by atoms with Gasteiger partial charge in [-0.05, 0) is 84.9 Å². The van der Waals surface area contributed by atoms with Crippen LogP contribution in [0.4, 0.5) is 11.5 Å². The molecule has 5 rings (SSSR count). The summed E-state index contributed by atoms with van der Waals surface area (Å²) >= 11 is 0. The van der Waals surface area contributed by atoms with Crippen LogP contribution in [0.2, 0.25) is 0 Å². The molecule has 1 aliphatic carbocycles. The molecule has 1 unspecified atom stereocenters. The fourth-order valence-electron chi connectivity index (χ4n) is 4.60. The standard InChI is InChI=1S/C27H29N7O4S/c1-3-39(37,38)34-15-17(11-32-34)6-18-7-21(18)12-31-26(35)27(36)33-25-10-20-8-19(9-24(28)23(20)14-30-25)22-13-29-5-4-16(22)2/h4-5,8-11,13-15,18,21H,3,6-7,12,28H2,1-2H3,(H,31,35)(H,30,33,36)/t18?,21-/m1/s1. The summed E-state index contributed by atoms with van der Waals surface area (Å²) in [5.74, 6) is -0.834. The highest BCUT2D eigenvalue weighted by Gasteiger charge is 2.37. The normalized spacial score (nSPS) is 16.7. The maximum absolute atomic E-state index is 12.5. The second-order valence-electron chi connectivity index (χ2n) is 9.79. The summed E-state index contributed by atoms with van der Waals surface area (Å²) < 4.78 is 24.8. The number of carbonyl (C=O) groups is 2. The minimum absolute atomic E-state index is 0.0246. The maximum atomic E-state index is 12.5. The first-order valence-electron chi connectivity index (χ1n) is 12.6. The maximum Gasteiger partial charge on any atom is 0.314 e. The third-order valence-electron chi connectivity index (χ3n) is 7.02. The van der Waals surface area contributed by atoms with Crippen LogP contribution in [0.3, 0.4) is 0 Å². The van der Waals surface area contributed by atoms with E-state index in [9.17, 15) is 18.0 Å². The van der Waals surface area contributed by atoms with Gasteiger partial charge in [0.1, 0.15) is 5.82 Å². The molecule has 0 aliphatic heterocycles. The zero-order valence-corrected chi connectivity index (χ0v) is 22.4. The van der Waals surface area contributed by atoms with Crippen molar-refractivity contribution < 1.29 is 18.0 Å². The highest BCUT2D eigenvalue weighted by molar-refractivity contribution is 7.89. The van der Waals surface area contributed by atoms with Crippen molar-refractivity contribution in [3.63, 3.8) is 0 Å². The molecule has 0 spiro atoms. The quantitative estimate of drug-likeness (QED) is 0.224. The van der Waals surface area contributed by atoms with Crippen molar-refractivity contribution >= 4 is 44.1 Å². The summed E-state index contributed by atoms with van der Waals surface area (Å²) in [5.41, 5.74) is 10.5. The number of nitrogens with zero attached hydrogens (tertiary/aromatic N) is 4. The molecule has 1 fully saturated rings. The SMILES string of the molecule is CCS(=O)(=O)n1cc(CC2C[C@@H]2CNC(=O)C(=O)Nc2cc3cc(-c4cnccc4C)cc(N)c3cn2)cn1. The van der Waals surface area contributed by atoms with Gasteiger partial charge in [-0.15, -0.1) is 0 Å². The van der Waals surface area contributed by atoms with Crippen molar-refractivity contribution in [1.29, 1.82) is 0 Å². The number of pyridine rings is 2. The summed E-state index contributed by atoms with van der Waals surface area (Å²) in [7, 11) is -3.40. The van der Waals surface area contributed by atoms with Crippen LogP contribution in [0.25, 0.3) is 21.9 Å². The second-order valence-corrected chi connectivity index (χ2v) is 11.9. The van der Waals surface area contributed by atoms with Crippen molar-refractivity contribution in [2.24, 2.45) is 11.8 Å². The van der Waals surface area contributed by atoms with E-state index >= 15 is 0 Å². The van der Waals surface area contributed by atoms with Crippen molar-refractivity contribution in [2.75, 3.05) is 23.3 Å². The highest BCUT2D eigenvalue weighted by Crippen LogP contribution is 2.40. The Hall–Kier alpha value is -4.32. The molecule has 3 heterocycles. The largest absolute Gasteiger partial charge is 0.398 e. The molecule has 39 heavy (non-hydrogen) atoms. The number of fused-ring (bicyclic) bond motifs is 1. The zero-order chi connectivity index (χ0) is 27.7. The van der Waals surface area contributed by atoms with Gasteiger partial charge in [-0.2, -0.15) is 9.19 Å². The van der Waals surface area contributed by atoms with E-state index in [1.807, 2.05) is 25.1 Å². The molecular weight excluding hydrogens is 518 g/mol. The Bertz CT molecular complexity index is 1680. The van der Waals surface area contributed by atoms with Gasteiger partial charge in [0.2, 0.25) is 0 Å². The third-order valence-corrected chi connectivity index (χ3v) is 8.52. The monoisotopic (exact) mass is 547 g/mol. The molecule has 202 valence electrons. The number of rotatable bonds is 8. The molecule has 2 atom stereocenters. The lowest BCUT2D eigenvalue weighted by Gasteiger charge is -2.11. The molecule has 11 nitrogen and oxygen atoms in total. The van der Waals surface area contributed by atoms with E-state index in [0.29, 0.717) is 24.6 Å². The van der Waals surface area contributed by atoms with Crippen LogP contribution in [0.15, 0.2) is 55.2 Å². The average Bonchev–Trinajstić information content (AvgIpc) is 3.47. The van der Waals surface area contributed by atoms with E-state index in [-0.39, 0.29) is 17.5 Å². The van der Waals surface area contributed by atoms with Crippen molar-refractivity contribution in [1.82, 2.24) is 24.5 Å². The molecule has 1 aromatic carbocycles. The molecule has 0 bridgehead atoms. The van der Waals surface area contributed by atoms with Gasteiger partial charge in [0.15, 0.2) is 0 Å². The van der Waals surface area contributed by atoms with Crippen molar-refractivity contribution in [3.05, 3.63) is 66.4 Å². The molecule has 0 saturated heterocycles. The predicted molar refractivity (Wildman–Crippen MR) is 148 cm³/mol. The van der Waals surface area contributed by atoms with Crippen LogP contribution in [-0.4, -0.2) is 51.7 Å². The minimum atomic E-state index is -3.40. The Kier molecular flexibility index (Phi) is 7.04. The number of anilines is 2. The molecular formula is C27H29N7O4S. The molecule has 1 aliphatic rings. The van der Waals surface area contributed by atoms with Gasteiger partial charge in [0, 0.05) is 48.0 Å². The molecule has 1 saturated carbocycles. The Morgan fingerprint density at radius 3 is 2.72 bits per heavy atom. The second kappa shape index (κ2) is 10.4. The smallest absolute Gasteiger partial charge is 0.314 e. The number of nitrogens with two attached hydrogens (primary N) is 1. The van der Waals surface area contributed by atoms with Gasteiger partial charge in [-0.1, -0.05) is 0 Å². The Morgan fingerprint density at radius 2 is 1.95 bits per heavy atom. The van der Waals surface area contributed by atoms with Gasteiger partial charge >= 0.3 is 11.8 Å². The van der Waals surface area contributed by atoms with Gasteiger partial charge < -0.3 is 16.4 Å². The zero-order valence-electron chi connectivity index (χ0n) is 21.6. The van der Waals surface area contributed by atoms with E-state index < -0.39 is 21.8 Å². The van der Waals surface area contributed by atoms with Crippen LogP contribution in [0.1, 0.15) is 24.5 Å². The lowest BCUT2D eigenvalue weighted by atomic mass is 9.99. The molecule has 4 aromatic rings. The summed E-state index contributed by atoms with van der Waals surface area (Å²) in [5, 5.41) is 10.7. The van der Waals surface area contributed by atoms with Crippen LogP contribution in [-0.2, 0) is 26.0 Å². The van der Waals surface area contributed by atoms with Crippen LogP contribution >= 0.6 is 0 Å². The van der Waals surface area contributed by atoms with Crippen molar-refractivity contribution in [2.45, 2.75) is 26.7 Å². The Balaban J connectivity index is 1.17. The number of aryl methyl sites for hydroxylation is 1. The first-order valence-corrected chi connectivity index (χ1v) is 14.2. The number of nitrogens with one attached hydrogen (secondary N) is 2. The predicted octanol–water partition coefficient (Wildman–Crippen LogP) is 2.52. The molecule has 0 radical (unpaired) electrons. The molecule has 4 N–H and O–H groups in total. The number of carbonyl (C=O) groups excluding carboxylic acids is 2. The van der Waals surface area contributed by atoms with Gasteiger partial charge in [-0.3, -0.25) is 14.6 Å². The van der Waals surface area contributed by atoms with E-state index in [1.165, 1.54) is 6.20 Å². The van der Waals surface area contributed by atoms with Gasteiger partial charge in [0.25, 0.3) is 10.0 Å². The lowest BCUT2D eigenvalue weighted by Crippen LogP contribution is -2.36. The van der Waals surface area contributed by atoms with E-state index in [0.717, 1.165) is 43.5 Å². The number of hydrogen-bond acceptors (Lipinski definition) is 8. The Morgan fingerprint density at radius 1 is 1.13 bits per heavy atom. The van der Waals surface area contributed by atoms with Crippen LogP contribution < -0.4 is 16.4 Å². The van der Waals surface area contributed by atoms with E-state index in [4.69, 9.17) is 5.73 Å². The first-order chi connectivity index (χ1) is 18.6. The summed E-state index contributed by atoms with van der Waals surface area (Å²) in [6.45, 7) is 3.92. The third kappa shape index (κ3) is 5.75. The number of amides is 2. The number of nitrogen functional groups attached to an aromatic ring is 1. The number of aromatic nitrogens is 4. The minimum Gasteiger partial charge on any atom is -0.398 e. The number of hydrogen-bond donors (Lipinski definition) is 3. The van der Waals surface area contributed by atoms with Gasteiger partial charge in [-0.25, -0.2) is 13.4 Å². The summed E-state index contributed by atoms with van der Waals surface area (Å²) in [6, 6.07) is 7.41. The van der Waals surface area contributed by atoms with E-state index in [2.05, 4.69) is 25.7 Å². The van der Waals surface area contributed by atoms with E-state index in [1.54, 1.807) is 37.8 Å². The first kappa shape index (κ1) is 26.3. The van der Waals surface area contributed by atoms with Gasteiger partial charge in [0.05, 0.1) is 11.9 Å². The van der Waals surface area contributed by atoms with Crippen LogP contribution in [0, 0.1) is 18.8 Å². The Labute approximate surface area is 225 Å². The lowest BCUT2D eigenvalue weighted by molar-refractivity contribution is -0.136. The fraction of sp³-hybridized carbons (Fsp3) is 0.296. The molecule has 2 amide bonds. The molecule has 12 heteroatoms. The number of benzene rings is 1. The summed E-state index contributed by atoms with van der Waals surface area (Å²) in [4.78, 5) is 33.4. The average molecular weight is 548 g/mol. The fourth-order valence-corrected chi connectivity index (χ4v) is 5.35. The van der Waals surface area contributed by atoms with Crippen molar-refractivity contribution in [3.8, 4) is 11.1 Å². The summed E-state index contributed by atoms with van der Waals surface area (Å²) in [6.07, 6.45) is 9.70. The molecule has 3 aromatic heterocycles.